The Balaban J connectivity index is 1.87. The first kappa shape index (κ1) is 22.2. The van der Waals surface area contributed by atoms with Gasteiger partial charge in [0.05, 0.1) is 10.8 Å². The van der Waals surface area contributed by atoms with Crippen LogP contribution in [0.5, 0.6) is 0 Å². The first-order chi connectivity index (χ1) is 13.0. The third-order valence-electron chi connectivity index (χ3n) is 7.62. The maximum atomic E-state index is 12.3. The van der Waals surface area contributed by atoms with Crippen LogP contribution in [0.1, 0.15) is 116 Å². The zero-order chi connectivity index (χ0) is 19.8. The van der Waals surface area contributed by atoms with Gasteiger partial charge in [-0.2, -0.15) is 0 Å². The lowest BCUT2D eigenvalue weighted by molar-refractivity contribution is -0.183. The van der Waals surface area contributed by atoms with Crippen LogP contribution in [-0.4, -0.2) is 22.2 Å². The highest BCUT2D eigenvalue weighted by Crippen LogP contribution is 2.58. The quantitative estimate of drug-likeness (QED) is 0.405. The number of hydrogen-bond donors (Lipinski definition) is 2. The second-order valence-corrected chi connectivity index (χ2v) is 9.19. The van der Waals surface area contributed by atoms with Gasteiger partial charge in [0.1, 0.15) is 0 Å². The number of hydrogen-bond acceptors (Lipinski definition) is 2. The Labute approximate surface area is 165 Å². The van der Waals surface area contributed by atoms with Gasteiger partial charge in [-0.25, -0.2) is 0 Å². The van der Waals surface area contributed by atoms with Crippen LogP contribution in [0, 0.1) is 16.7 Å². The summed E-state index contributed by atoms with van der Waals surface area (Å²) in [7, 11) is 0. The van der Waals surface area contributed by atoms with Crippen molar-refractivity contribution >= 4 is 11.9 Å². The smallest absolute Gasteiger partial charge is 0.310 e. The van der Waals surface area contributed by atoms with Gasteiger partial charge in [-0.1, -0.05) is 77.6 Å². The summed E-state index contributed by atoms with van der Waals surface area (Å²) in [5, 5.41) is 20.1. The van der Waals surface area contributed by atoms with E-state index in [0.29, 0.717) is 31.6 Å². The molecule has 27 heavy (non-hydrogen) atoms. The highest BCUT2D eigenvalue weighted by atomic mass is 16.4. The van der Waals surface area contributed by atoms with Crippen LogP contribution < -0.4 is 0 Å². The number of carbonyl (C=O) groups is 2. The van der Waals surface area contributed by atoms with Crippen molar-refractivity contribution in [3.8, 4) is 0 Å². The van der Waals surface area contributed by atoms with E-state index in [0.717, 1.165) is 32.1 Å². The summed E-state index contributed by atoms with van der Waals surface area (Å²) < 4.78 is 0. The minimum atomic E-state index is -1.05. The van der Waals surface area contributed by atoms with E-state index in [1.54, 1.807) is 0 Å². The minimum absolute atomic E-state index is 0.539. The van der Waals surface area contributed by atoms with Crippen molar-refractivity contribution in [1.29, 1.82) is 0 Å². The van der Waals surface area contributed by atoms with Gasteiger partial charge in [0.15, 0.2) is 0 Å². The highest BCUT2D eigenvalue weighted by Gasteiger charge is 2.61. The van der Waals surface area contributed by atoms with Gasteiger partial charge in [0.25, 0.3) is 0 Å². The number of carboxylic acids is 2. The molecular formula is C23H40O4. The van der Waals surface area contributed by atoms with E-state index in [2.05, 4.69) is 6.92 Å². The number of carboxylic acid groups (broad SMARTS) is 2. The summed E-state index contributed by atoms with van der Waals surface area (Å²) in [4.78, 5) is 24.5. The van der Waals surface area contributed by atoms with Gasteiger partial charge in [-0.05, 0) is 44.4 Å². The van der Waals surface area contributed by atoms with Gasteiger partial charge in [0.2, 0.25) is 0 Å². The van der Waals surface area contributed by atoms with E-state index in [-0.39, 0.29) is 0 Å². The average molecular weight is 381 g/mol. The Morgan fingerprint density at radius 3 is 1.74 bits per heavy atom. The molecule has 2 saturated carbocycles. The molecule has 0 spiro atoms. The Hall–Kier alpha value is -1.06. The number of rotatable bonds is 11. The molecule has 0 aromatic carbocycles. The van der Waals surface area contributed by atoms with E-state index in [1.807, 2.05) is 0 Å². The zero-order valence-corrected chi connectivity index (χ0v) is 17.3. The second kappa shape index (κ2) is 10.5. The highest BCUT2D eigenvalue weighted by molar-refractivity contribution is 5.87. The molecule has 2 aliphatic carbocycles. The van der Waals surface area contributed by atoms with Crippen LogP contribution in [0.15, 0.2) is 0 Å². The van der Waals surface area contributed by atoms with E-state index in [9.17, 15) is 19.8 Å². The maximum Gasteiger partial charge on any atom is 0.310 e. The first-order valence-electron chi connectivity index (χ1n) is 11.5. The van der Waals surface area contributed by atoms with Gasteiger partial charge in [0, 0.05) is 0 Å². The molecule has 0 saturated heterocycles. The molecule has 0 amide bonds. The Kier molecular flexibility index (Phi) is 8.62. The molecule has 0 unspecified atom stereocenters. The van der Waals surface area contributed by atoms with E-state index >= 15 is 0 Å². The Morgan fingerprint density at radius 1 is 0.741 bits per heavy atom. The SMILES string of the molecule is CCCCCCCCC[C@H]1CC[C@](C(=O)O)(C2(C(=O)O)CCCCC2)CC1. The molecule has 0 aromatic rings. The maximum absolute atomic E-state index is 12.3. The summed E-state index contributed by atoms with van der Waals surface area (Å²) >= 11 is 0. The molecule has 2 rings (SSSR count). The lowest BCUT2D eigenvalue weighted by Crippen LogP contribution is -2.55. The van der Waals surface area contributed by atoms with Crippen LogP contribution in [0.2, 0.25) is 0 Å². The lowest BCUT2D eigenvalue weighted by atomic mass is 9.51. The average Bonchev–Trinajstić information content (AvgIpc) is 2.68. The monoisotopic (exact) mass is 380 g/mol. The Bertz CT molecular complexity index is 471. The summed E-state index contributed by atoms with van der Waals surface area (Å²) in [6.45, 7) is 2.24. The zero-order valence-electron chi connectivity index (χ0n) is 17.3. The molecule has 4 heteroatoms. The standard InChI is InChI=1S/C23H40O4/c1-2-3-4-5-6-7-9-12-19-13-17-23(18-14-19,21(26)27)22(20(24)25)15-10-8-11-16-22/h19H,2-18H2,1H3,(H,24,25)(H,26,27)/t19-,23-. The molecule has 2 aliphatic rings. The van der Waals surface area contributed by atoms with Crippen LogP contribution in [0.4, 0.5) is 0 Å². The fourth-order valence-electron chi connectivity index (χ4n) is 5.80. The Morgan fingerprint density at radius 2 is 1.22 bits per heavy atom. The van der Waals surface area contributed by atoms with Crippen molar-refractivity contribution in [2.45, 2.75) is 116 Å². The summed E-state index contributed by atoms with van der Waals surface area (Å²) in [6.07, 6.45) is 17.0. The number of unbranched alkanes of at least 4 members (excludes halogenated alkanes) is 6. The van der Waals surface area contributed by atoms with Crippen molar-refractivity contribution in [2.24, 2.45) is 16.7 Å². The molecular weight excluding hydrogens is 340 g/mol. The van der Waals surface area contributed by atoms with Crippen molar-refractivity contribution in [3.63, 3.8) is 0 Å². The van der Waals surface area contributed by atoms with E-state index < -0.39 is 22.8 Å². The topological polar surface area (TPSA) is 74.6 Å². The normalized spacial score (nSPS) is 28.0. The predicted octanol–water partition coefficient (Wildman–Crippen LogP) is 6.42. The van der Waals surface area contributed by atoms with E-state index in [4.69, 9.17) is 0 Å². The molecule has 0 aromatic heterocycles. The fourth-order valence-corrected chi connectivity index (χ4v) is 5.80. The van der Waals surface area contributed by atoms with Gasteiger partial charge in [-0.3, -0.25) is 9.59 Å². The van der Waals surface area contributed by atoms with Crippen molar-refractivity contribution in [3.05, 3.63) is 0 Å². The van der Waals surface area contributed by atoms with Crippen LogP contribution >= 0.6 is 0 Å². The van der Waals surface area contributed by atoms with E-state index in [1.165, 1.54) is 51.4 Å². The van der Waals surface area contributed by atoms with Crippen molar-refractivity contribution < 1.29 is 19.8 Å². The van der Waals surface area contributed by atoms with Crippen LogP contribution in [-0.2, 0) is 9.59 Å². The number of aliphatic carboxylic acids is 2. The van der Waals surface area contributed by atoms with Crippen molar-refractivity contribution in [1.82, 2.24) is 0 Å². The summed E-state index contributed by atoms with van der Waals surface area (Å²) in [5.74, 6) is -1.14. The van der Waals surface area contributed by atoms with Crippen LogP contribution in [0.25, 0.3) is 0 Å². The van der Waals surface area contributed by atoms with Gasteiger partial charge >= 0.3 is 11.9 Å². The molecule has 0 aliphatic heterocycles. The molecule has 0 bridgehead atoms. The molecule has 156 valence electrons. The first-order valence-corrected chi connectivity index (χ1v) is 11.5. The molecule has 2 N–H and O–H groups in total. The summed E-state index contributed by atoms with van der Waals surface area (Å²) in [5.41, 5.74) is -2.09. The predicted molar refractivity (Wildman–Crippen MR) is 108 cm³/mol. The lowest BCUT2D eigenvalue weighted by Gasteiger charge is -2.50. The molecule has 0 heterocycles. The fraction of sp³-hybridized carbons (Fsp3) is 0.913. The molecule has 0 radical (unpaired) electrons. The molecule has 0 atom stereocenters. The van der Waals surface area contributed by atoms with Crippen LogP contribution in [0.3, 0.4) is 0 Å². The van der Waals surface area contributed by atoms with Gasteiger partial charge in [-0.15, -0.1) is 0 Å². The summed E-state index contributed by atoms with van der Waals surface area (Å²) in [6, 6.07) is 0. The third kappa shape index (κ3) is 5.06. The van der Waals surface area contributed by atoms with Gasteiger partial charge < -0.3 is 10.2 Å². The molecule has 4 nitrogen and oxygen atoms in total. The molecule has 2 fully saturated rings. The van der Waals surface area contributed by atoms with Crippen molar-refractivity contribution in [2.75, 3.05) is 0 Å². The largest absolute Gasteiger partial charge is 0.481 e. The third-order valence-corrected chi connectivity index (χ3v) is 7.62. The second-order valence-electron chi connectivity index (χ2n) is 9.19. The minimum Gasteiger partial charge on any atom is -0.481 e.